The lowest BCUT2D eigenvalue weighted by Gasteiger charge is -2.05. The Balaban J connectivity index is 1.66. The van der Waals surface area contributed by atoms with Crippen LogP contribution in [0.4, 0.5) is 0 Å². The van der Waals surface area contributed by atoms with Gasteiger partial charge in [-0.3, -0.25) is 4.79 Å². The summed E-state index contributed by atoms with van der Waals surface area (Å²) >= 11 is 0. The molecule has 0 atom stereocenters. The fourth-order valence-corrected chi connectivity index (χ4v) is 2.62. The van der Waals surface area contributed by atoms with E-state index >= 15 is 0 Å². The first-order chi connectivity index (χ1) is 12.2. The van der Waals surface area contributed by atoms with Gasteiger partial charge in [0.15, 0.2) is 0 Å². The van der Waals surface area contributed by atoms with Gasteiger partial charge in [0, 0.05) is 35.3 Å². The summed E-state index contributed by atoms with van der Waals surface area (Å²) in [6, 6.07) is 15.1. The lowest BCUT2D eigenvalue weighted by Crippen LogP contribution is -2.17. The van der Waals surface area contributed by atoms with E-state index in [1.807, 2.05) is 42.1 Å². The van der Waals surface area contributed by atoms with E-state index in [4.69, 9.17) is 4.74 Å². The van der Waals surface area contributed by atoms with Crippen molar-refractivity contribution in [2.24, 2.45) is 12.1 Å². The molecule has 5 nitrogen and oxygen atoms in total. The van der Waals surface area contributed by atoms with Crippen LogP contribution in [-0.2, 0) is 7.05 Å². The number of aryl methyl sites for hydroxylation is 1. The minimum Gasteiger partial charge on any atom is -0.494 e. The Morgan fingerprint density at radius 2 is 1.96 bits per heavy atom. The van der Waals surface area contributed by atoms with Crippen LogP contribution >= 0.6 is 0 Å². The minimum absolute atomic E-state index is 0.251. The van der Waals surface area contributed by atoms with Gasteiger partial charge in [0.25, 0.3) is 5.91 Å². The van der Waals surface area contributed by atoms with Gasteiger partial charge in [-0.1, -0.05) is 25.1 Å². The molecule has 0 aliphatic heterocycles. The molecule has 0 aliphatic rings. The van der Waals surface area contributed by atoms with Crippen molar-refractivity contribution in [2.75, 3.05) is 6.61 Å². The van der Waals surface area contributed by atoms with Crippen LogP contribution in [0.5, 0.6) is 5.75 Å². The summed E-state index contributed by atoms with van der Waals surface area (Å²) in [6.07, 6.45) is 4.60. The molecule has 5 heteroatoms. The molecule has 0 fully saturated rings. The maximum atomic E-state index is 12.2. The molecule has 0 unspecified atom stereocenters. The van der Waals surface area contributed by atoms with Crippen molar-refractivity contribution in [3.8, 4) is 5.75 Å². The summed E-state index contributed by atoms with van der Waals surface area (Å²) in [5, 5.41) is 5.18. The number of rotatable bonds is 6. The van der Waals surface area contributed by atoms with Crippen molar-refractivity contribution in [3.05, 3.63) is 65.9 Å². The number of ether oxygens (including phenoxy) is 1. The summed E-state index contributed by atoms with van der Waals surface area (Å²) in [6.45, 7) is 2.72. The van der Waals surface area contributed by atoms with E-state index in [1.165, 1.54) is 0 Å². The number of aromatic nitrogens is 1. The van der Waals surface area contributed by atoms with E-state index < -0.39 is 0 Å². The molecule has 0 spiro atoms. The van der Waals surface area contributed by atoms with Gasteiger partial charge < -0.3 is 9.30 Å². The van der Waals surface area contributed by atoms with Gasteiger partial charge in [-0.25, -0.2) is 5.43 Å². The van der Waals surface area contributed by atoms with Crippen LogP contribution in [0.1, 0.15) is 29.3 Å². The fraction of sp³-hybridized carbons (Fsp3) is 0.200. The molecule has 25 heavy (non-hydrogen) atoms. The van der Waals surface area contributed by atoms with E-state index in [9.17, 15) is 4.79 Å². The number of benzene rings is 2. The highest BCUT2D eigenvalue weighted by Crippen LogP contribution is 2.18. The predicted octanol–water partition coefficient (Wildman–Crippen LogP) is 3.73. The van der Waals surface area contributed by atoms with Crippen molar-refractivity contribution in [1.82, 2.24) is 9.99 Å². The van der Waals surface area contributed by atoms with Crippen molar-refractivity contribution < 1.29 is 9.53 Å². The SMILES string of the molecule is CCCOc1ccc(C(=O)N/N=C/c2cn(C)c3ccccc23)cc1. The Morgan fingerprint density at radius 3 is 2.72 bits per heavy atom. The molecule has 0 bridgehead atoms. The van der Waals surface area contributed by atoms with Gasteiger partial charge >= 0.3 is 0 Å². The zero-order chi connectivity index (χ0) is 17.6. The molecular weight excluding hydrogens is 314 g/mol. The number of carbonyl (C=O) groups is 1. The second-order valence-electron chi connectivity index (χ2n) is 5.78. The van der Waals surface area contributed by atoms with E-state index in [0.717, 1.165) is 28.6 Å². The summed E-state index contributed by atoms with van der Waals surface area (Å²) in [5.41, 5.74) is 5.19. The fourth-order valence-electron chi connectivity index (χ4n) is 2.62. The average Bonchev–Trinajstić information content (AvgIpc) is 2.97. The normalized spacial score (nSPS) is 11.1. The molecule has 1 heterocycles. The van der Waals surface area contributed by atoms with Gasteiger partial charge in [0.2, 0.25) is 0 Å². The van der Waals surface area contributed by atoms with E-state index in [0.29, 0.717) is 12.2 Å². The van der Waals surface area contributed by atoms with Gasteiger partial charge in [0.05, 0.1) is 12.8 Å². The third-order valence-electron chi connectivity index (χ3n) is 3.89. The molecule has 3 aromatic rings. The van der Waals surface area contributed by atoms with E-state index in [-0.39, 0.29) is 5.91 Å². The Kier molecular flexibility index (Phi) is 5.14. The standard InChI is InChI=1S/C20H21N3O2/c1-3-12-25-17-10-8-15(9-11-17)20(24)22-21-13-16-14-23(2)19-7-5-4-6-18(16)19/h4-11,13-14H,3,12H2,1-2H3,(H,22,24)/b21-13+. The van der Waals surface area contributed by atoms with Crippen molar-refractivity contribution in [2.45, 2.75) is 13.3 Å². The first-order valence-corrected chi connectivity index (χ1v) is 8.29. The molecule has 1 amide bonds. The number of hydrogen-bond donors (Lipinski definition) is 1. The summed E-state index contributed by atoms with van der Waals surface area (Å²) < 4.78 is 7.54. The first-order valence-electron chi connectivity index (χ1n) is 8.29. The molecule has 0 saturated carbocycles. The number of amides is 1. The van der Waals surface area contributed by atoms with Gasteiger partial charge in [0.1, 0.15) is 5.75 Å². The summed E-state index contributed by atoms with van der Waals surface area (Å²) in [5.74, 6) is 0.510. The maximum Gasteiger partial charge on any atom is 0.271 e. The summed E-state index contributed by atoms with van der Waals surface area (Å²) in [7, 11) is 1.99. The van der Waals surface area contributed by atoms with Crippen LogP contribution in [0.3, 0.4) is 0 Å². The van der Waals surface area contributed by atoms with Crippen LogP contribution in [0, 0.1) is 0 Å². The topological polar surface area (TPSA) is 55.6 Å². The van der Waals surface area contributed by atoms with E-state index in [1.54, 1.807) is 30.5 Å². The Labute approximate surface area is 146 Å². The highest BCUT2D eigenvalue weighted by Gasteiger charge is 2.06. The van der Waals surface area contributed by atoms with Crippen molar-refractivity contribution in [3.63, 3.8) is 0 Å². The Bertz CT molecular complexity index is 895. The quantitative estimate of drug-likeness (QED) is 0.551. The van der Waals surface area contributed by atoms with Crippen molar-refractivity contribution in [1.29, 1.82) is 0 Å². The van der Waals surface area contributed by atoms with Gasteiger partial charge in [-0.05, 0) is 36.8 Å². The predicted molar refractivity (Wildman–Crippen MR) is 100 cm³/mol. The molecule has 1 aromatic heterocycles. The average molecular weight is 335 g/mol. The molecule has 128 valence electrons. The van der Waals surface area contributed by atoms with Crippen LogP contribution in [0.25, 0.3) is 10.9 Å². The number of carbonyl (C=O) groups excluding carboxylic acids is 1. The second kappa shape index (κ2) is 7.66. The third kappa shape index (κ3) is 3.88. The number of nitrogens with zero attached hydrogens (tertiary/aromatic N) is 2. The monoisotopic (exact) mass is 335 g/mol. The molecule has 0 saturated heterocycles. The summed E-state index contributed by atoms with van der Waals surface area (Å²) in [4.78, 5) is 12.2. The van der Waals surface area contributed by atoms with Gasteiger partial charge in [-0.15, -0.1) is 0 Å². The van der Waals surface area contributed by atoms with E-state index in [2.05, 4.69) is 17.5 Å². The zero-order valence-corrected chi connectivity index (χ0v) is 14.4. The highest BCUT2D eigenvalue weighted by atomic mass is 16.5. The molecule has 1 N–H and O–H groups in total. The molecule has 0 aliphatic carbocycles. The number of nitrogens with one attached hydrogen (secondary N) is 1. The van der Waals surface area contributed by atoms with Crippen LogP contribution in [0.15, 0.2) is 59.8 Å². The highest BCUT2D eigenvalue weighted by molar-refractivity contribution is 6.00. The lowest BCUT2D eigenvalue weighted by atomic mass is 10.2. The molecule has 0 radical (unpaired) electrons. The minimum atomic E-state index is -0.251. The smallest absolute Gasteiger partial charge is 0.271 e. The van der Waals surface area contributed by atoms with Crippen LogP contribution in [-0.4, -0.2) is 23.3 Å². The second-order valence-corrected chi connectivity index (χ2v) is 5.78. The zero-order valence-electron chi connectivity index (χ0n) is 14.4. The molecular formula is C20H21N3O2. The largest absolute Gasteiger partial charge is 0.494 e. The lowest BCUT2D eigenvalue weighted by molar-refractivity contribution is 0.0955. The first kappa shape index (κ1) is 16.8. The number of fused-ring (bicyclic) bond motifs is 1. The van der Waals surface area contributed by atoms with Gasteiger partial charge in [-0.2, -0.15) is 5.10 Å². The van der Waals surface area contributed by atoms with Crippen molar-refractivity contribution >= 4 is 23.0 Å². The number of para-hydroxylation sites is 1. The molecule has 3 rings (SSSR count). The third-order valence-corrected chi connectivity index (χ3v) is 3.89. The van der Waals surface area contributed by atoms with Crippen LogP contribution in [0.2, 0.25) is 0 Å². The number of hydrogen-bond acceptors (Lipinski definition) is 3. The Hall–Kier alpha value is -3.08. The number of hydrazone groups is 1. The van der Waals surface area contributed by atoms with Crippen LogP contribution < -0.4 is 10.2 Å². The maximum absolute atomic E-state index is 12.2. The molecule has 2 aromatic carbocycles. The Morgan fingerprint density at radius 1 is 1.20 bits per heavy atom.